The summed E-state index contributed by atoms with van der Waals surface area (Å²) in [6, 6.07) is 10.4. The molecule has 168 valence electrons. The number of nitrogens with zero attached hydrogens (tertiary/aromatic N) is 6. The molecular weight excluding hydrogens is 525 g/mol. The molecule has 0 atom stereocenters. The minimum Gasteiger partial charge on any atom is -0.370 e. The monoisotopic (exact) mass is 555 g/mol. The number of thiazole rings is 1. The number of anilines is 2. The van der Waals surface area contributed by atoms with Crippen molar-refractivity contribution in [3.63, 3.8) is 0 Å². The van der Waals surface area contributed by atoms with Crippen molar-refractivity contribution >= 4 is 58.0 Å². The summed E-state index contributed by atoms with van der Waals surface area (Å²) in [4.78, 5) is 30.0. The van der Waals surface area contributed by atoms with Crippen LogP contribution in [-0.2, 0) is 4.79 Å². The topological polar surface area (TPSA) is 81.3 Å². The molecule has 0 bridgehead atoms. The molecule has 8 nitrogen and oxygen atoms in total. The lowest BCUT2D eigenvalue weighted by Crippen LogP contribution is -2.51. The predicted octanol–water partition coefficient (Wildman–Crippen LogP) is 1.94. The van der Waals surface area contributed by atoms with Gasteiger partial charge in [-0.3, -0.25) is 9.79 Å². The van der Waals surface area contributed by atoms with E-state index >= 15 is 0 Å². The van der Waals surface area contributed by atoms with Crippen molar-refractivity contribution in [3.05, 3.63) is 41.9 Å². The molecule has 0 unspecified atom stereocenters. The summed E-state index contributed by atoms with van der Waals surface area (Å²) in [6.07, 6.45) is 2.24. The van der Waals surface area contributed by atoms with Crippen molar-refractivity contribution < 1.29 is 4.79 Å². The molecule has 2 fully saturated rings. The Morgan fingerprint density at radius 3 is 2.26 bits per heavy atom. The van der Waals surface area contributed by atoms with Crippen LogP contribution in [0.1, 0.15) is 6.42 Å². The normalized spacial score (nSPS) is 17.5. The van der Waals surface area contributed by atoms with Gasteiger partial charge in [-0.1, -0.05) is 18.2 Å². The number of aliphatic imine (C=N–C) groups is 1. The molecule has 31 heavy (non-hydrogen) atoms. The molecule has 2 N–H and O–H groups in total. The largest absolute Gasteiger partial charge is 0.370 e. The first-order valence-corrected chi connectivity index (χ1v) is 11.4. The molecule has 2 aliphatic heterocycles. The molecule has 2 saturated heterocycles. The van der Waals surface area contributed by atoms with Crippen LogP contribution in [0.15, 0.2) is 46.9 Å². The lowest BCUT2D eigenvalue weighted by atomic mass is 10.2. The van der Waals surface area contributed by atoms with Gasteiger partial charge < -0.3 is 25.3 Å². The van der Waals surface area contributed by atoms with Gasteiger partial charge in [-0.05, 0) is 12.1 Å². The third-order valence-corrected chi connectivity index (χ3v) is 6.48. The second-order valence-corrected chi connectivity index (χ2v) is 8.36. The molecule has 0 aliphatic carbocycles. The molecule has 2 aromatic rings. The number of nitrogens with two attached hydrogens (primary N) is 1. The van der Waals surface area contributed by atoms with E-state index in [-0.39, 0.29) is 29.9 Å². The third-order valence-electron chi connectivity index (χ3n) is 5.65. The Morgan fingerprint density at radius 2 is 1.61 bits per heavy atom. The maximum atomic E-state index is 12.5. The summed E-state index contributed by atoms with van der Waals surface area (Å²) in [7, 11) is 0. The van der Waals surface area contributed by atoms with Crippen molar-refractivity contribution in [2.45, 2.75) is 6.42 Å². The standard InChI is InChI=1S/C21H29N7OS.HI/c22-20(27-13-15-28(16-14-27)21-24-8-17-30-21)23-7-6-19(29)26-11-9-25(10-12-26)18-4-2-1-3-5-18;/h1-5,8,17H,6-7,9-16H2,(H2,22,23);1H. The molecule has 0 saturated carbocycles. The van der Waals surface area contributed by atoms with Gasteiger partial charge in [0.15, 0.2) is 11.1 Å². The zero-order valence-electron chi connectivity index (χ0n) is 17.6. The lowest BCUT2D eigenvalue weighted by molar-refractivity contribution is -0.131. The van der Waals surface area contributed by atoms with Crippen molar-refractivity contribution in [1.82, 2.24) is 14.8 Å². The van der Waals surface area contributed by atoms with Gasteiger partial charge in [0.25, 0.3) is 0 Å². The van der Waals surface area contributed by atoms with Gasteiger partial charge in [0, 0.05) is 76.0 Å². The van der Waals surface area contributed by atoms with E-state index in [1.165, 1.54) is 5.69 Å². The van der Waals surface area contributed by atoms with Crippen LogP contribution in [0.25, 0.3) is 0 Å². The Morgan fingerprint density at radius 1 is 0.968 bits per heavy atom. The summed E-state index contributed by atoms with van der Waals surface area (Å²) >= 11 is 1.66. The molecule has 10 heteroatoms. The molecule has 0 radical (unpaired) electrons. The van der Waals surface area contributed by atoms with Gasteiger partial charge in [-0.15, -0.1) is 35.3 Å². The summed E-state index contributed by atoms with van der Waals surface area (Å²) in [5, 5.41) is 3.05. The van der Waals surface area contributed by atoms with Crippen LogP contribution in [0.4, 0.5) is 10.8 Å². The molecule has 0 spiro atoms. The number of piperazine rings is 2. The summed E-state index contributed by atoms with van der Waals surface area (Å²) in [5.41, 5.74) is 7.39. The van der Waals surface area contributed by atoms with Gasteiger partial charge in [0.2, 0.25) is 5.91 Å². The number of aromatic nitrogens is 1. The molecule has 2 aliphatic rings. The second kappa shape index (κ2) is 11.5. The van der Waals surface area contributed by atoms with Crippen LogP contribution < -0.4 is 15.5 Å². The average Bonchev–Trinajstić information content (AvgIpc) is 3.35. The Kier molecular flexibility index (Phi) is 8.76. The van der Waals surface area contributed by atoms with Crippen molar-refractivity contribution in [2.75, 3.05) is 68.7 Å². The highest BCUT2D eigenvalue weighted by Crippen LogP contribution is 2.19. The Hall–Kier alpha value is -2.08. The zero-order chi connectivity index (χ0) is 20.8. The van der Waals surface area contributed by atoms with E-state index in [1.807, 2.05) is 34.7 Å². The van der Waals surface area contributed by atoms with E-state index in [2.05, 4.69) is 36.8 Å². The highest BCUT2D eigenvalue weighted by Gasteiger charge is 2.22. The van der Waals surface area contributed by atoms with E-state index in [1.54, 1.807) is 11.3 Å². The minimum atomic E-state index is 0. The number of hydrogen-bond acceptors (Lipinski definition) is 6. The van der Waals surface area contributed by atoms with Crippen LogP contribution >= 0.6 is 35.3 Å². The van der Waals surface area contributed by atoms with Crippen molar-refractivity contribution in [1.29, 1.82) is 0 Å². The van der Waals surface area contributed by atoms with E-state index in [0.717, 1.165) is 57.5 Å². The highest BCUT2D eigenvalue weighted by molar-refractivity contribution is 14.0. The first-order chi connectivity index (χ1) is 14.7. The highest BCUT2D eigenvalue weighted by atomic mass is 127. The van der Waals surface area contributed by atoms with Crippen LogP contribution in [0.3, 0.4) is 0 Å². The summed E-state index contributed by atoms with van der Waals surface area (Å²) in [6.45, 7) is 7.10. The van der Waals surface area contributed by atoms with E-state index in [4.69, 9.17) is 5.73 Å². The molecule has 3 heterocycles. The number of rotatable bonds is 5. The number of carbonyl (C=O) groups excluding carboxylic acids is 1. The molecule has 1 aromatic carbocycles. The van der Waals surface area contributed by atoms with Gasteiger partial charge >= 0.3 is 0 Å². The fourth-order valence-corrected chi connectivity index (χ4v) is 4.57. The predicted molar refractivity (Wildman–Crippen MR) is 138 cm³/mol. The SMILES string of the molecule is I.NC(=NCCC(=O)N1CCN(c2ccccc2)CC1)N1CCN(c2nccs2)CC1. The number of halogens is 1. The molecule has 4 rings (SSSR count). The van der Waals surface area contributed by atoms with Crippen molar-refractivity contribution in [3.8, 4) is 0 Å². The summed E-state index contributed by atoms with van der Waals surface area (Å²) < 4.78 is 0. The average molecular weight is 555 g/mol. The fourth-order valence-electron chi connectivity index (χ4n) is 3.88. The number of hydrogen-bond donors (Lipinski definition) is 1. The number of benzene rings is 1. The van der Waals surface area contributed by atoms with Crippen LogP contribution in [0, 0.1) is 0 Å². The zero-order valence-corrected chi connectivity index (χ0v) is 20.7. The maximum absolute atomic E-state index is 12.5. The molecular formula is C21H30IN7OS. The number of guanidine groups is 1. The first kappa shape index (κ1) is 23.6. The van der Waals surface area contributed by atoms with Gasteiger partial charge in [-0.2, -0.15) is 0 Å². The molecule has 1 amide bonds. The van der Waals surface area contributed by atoms with E-state index < -0.39 is 0 Å². The van der Waals surface area contributed by atoms with Crippen LogP contribution in [-0.4, -0.2) is 85.6 Å². The number of amides is 1. The van der Waals surface area contributed by atoms with E-state index in [9.17, 15) is 4.79 Å². The third kappa shape index (κ3) is 6.22. The second-order valence-electron chi connectivity index (χ2n) is 7.48. The smallest absolute Gasteiger partial charge is 0.224 e. The fraction of sp³-hybridized carbons (Fsp3) is 0.476. The Balaban J connectivity index is 0.00000272. The Labute approximate surface area is 204 Å². The van der Waals surface area contributed by atoms with Gasteiger partial charge in [-0.25, -0.2) is 4.98 Å². The minimum absolute atomic E-state index is 0. The van der Waals surface area contributed by atoms with E-state index in [0.29, 0.717) is 18.9 Å². The van der Waals surface area contributed by atoms with Gasteiger partial charge in [0.1, 0.15) is 0 Å². The number of para-hydroxylation sites is 1. The number of carbonyl (C=O) groups is 1. The van der Waals surface area contributed by atoms with Crippen LogP contribution in [0.5, 0.6) is 0 Å². The van der Waals surface area contributed by atoms with Crippen molar-refractivity contribution in [2.24, 2.45) is 10.7 Å². The first-order valence-electron chi connectivity index (χ1n) is 10.5. The maximum Gasteiger partial charge on any atom is 0.224 e. The Bertz CT molecular complexity index is 833. The lowest BCUT2D eigenvalue weighted by Gasteiger charge is -2.36. The molecule has 1 aromatic heterocycles. The quantitative estimate of drug-likeness (QED) is 0.345. The van der Waals surface area contributed by atoms with Gasteiger partial charge in [0.05, 0.1) is 6.54 Å². The van der Waals surface area contributed by atoms with Crippen LogP contribution in [0.2, 0.25) is 0 Å². The summed E-state index contributed by atoms with van der Waals surface area (Å²) in [5.74, 6) is 0.698.